The Labute approximate surface area is 184 Å². The van der Waals surface area contributed by atoms with Gasteiger partial charge in [0.1, 0.15) is 5.82 Å². The molecule has 0 fully saturated rings. The van der Waals surface area contributed by atoms with Crippen LogP contribution in [0.1, 0.15) is 24.2 Å². The number of aromatic nitrogens is 1. The van der Waals surface area contributed by atoms with Crippen LogP contribution in [-0.2, 0) is 9.59 Å². The standard InChI is InChI=1S/C21H26BrN5O3/c1-4-27(5-2)21(30)15-7-6-8-17(11-15)24-19(28)13-26(3)14-20(29)25-18-10-9-16(22)12-23-18/h6-12H,4-5,13-14H2,1-3H3,(H,24,28)(H,23,25,29). The SMILES string of the molecule is CCN(CC)C(=O)c1cccc(NC(=O)CN(C)CC(=O)Nc2ccc(Br)cn2)c1. The Hall–Kier alpha value is -2.78. The lowest BCUT2D eigenvalue weighted by molar-refractivity contribution is -0.119. The van der Waals surface area contributed by atoms with Gasteiger partial charge in [-0.2, -0.15) is 0 Å². The van der Waals surface area contributed by atoms with Crippen molar-refractivity contribution in [1.29, 1.82) is 0 Å². The lowest BCUT2D eigenvalue weighted by atomic mass is 10.1. The first-order valence-corrected chi connectivity index (χ1v) is 10.4. The third-order valence-corrected chi connectivity index (χ3v) is 4.73. The van der Waals surface area contributed by atoms with Gasteiger partial charge in [-0.1, -0.05) is 6.07 Å². The Morgan fingerprint density at radius 3 is 2.27 bits per heavy atom. The zero-order valence-corrected chi connectivity index (χ0v) is 18.9. The predicted octanol–water partition coefficient (Wildman–Crippen LogP) is 2.84. The third-order valence-electron chi connectivity index (χ3n) is 4.27. The Morgan fingerprint density at radius 1 is 1.00 bits per heavy atom. The highest BCUT2D eigenvalue weighted by Crippen LogP contribution is 2.13. The van der Waals surface area contributed by atoms with Crippen molar-refractivity contribution in [2.45, 2.75) is 13.8 Å². The fourth-order valence-electron chi connectivity index (χ4n) is 2.80. The Bertz CT molecular complexity index is 884. The van der Waals surface area contributed by atoms with Crippen molar-refractivity contribution < 1.29 is 14.4 Å². The van der Waals surface area contributed by atoms with Crippen molar-refractivity contribution in [3.63, 3.8) is 0 Å². The summed E-state index contributed by atoms with van der Waals surface area (Å²) in [4.78, 5) is 44.3. The number of hydrogen-bond acceptors (Lipinski definition) is 5. The number of carbonyl (C=O) groups excluding carboxylic acids is 3. The van der Waals surface area contributed by atoms with Crippen LogP contribution in [-0.4, -0.2) is 65.7 Å². The lowest BCUT2D eigenvalue weighted by Gasteiger charge is -2.19. The van der Waals surface area contributed by atoms with Gasteiger partial charge in [-0.15, -0.1) is 0 Å². The normalized spacial score (nSPS) is 10.6. The second-order valence-electron chi connectivity index (χ2n) is 6.69. The van der Waals surface area contributed by atoms with Crippen LogP contribution >= 0.6 is 15.9 Å². The van der Waals surface area contributed by atoms with E-state index < -0.39 is 0 Å². The molecule has 1 aromatic carbocycles. The number of nitrogens with zero attached hydrogens (tertiary/aromatic N) is 3. The van der Waals surface area contributed by atoms with Crippen LogP contribution in [0.3, 0.4) is 0 Å². The van der Waals surface area contributed by atoms with Gasteiger partial charge in [0.05, 0.1) is 13.1 Å². The van der Waals surface area contributed by atoms with Gasteiger partial charge in [0.2, 0.25) is 11.8 Å². The van der Waals surface area contributed by atoms with Gasteiger partial charge < -0.3 is 15.5 Å². The van der Waals surface area contributed by atoms with Crippen LogP contribution in [0, 0.1) is 0 Å². The minimum absolute atomic E-state index is 0.0232. The summed E-state index contributed by atoms with van der Waals surface area (Å²) in [5, 5.41) is 5.45. The molecule has 30 heavy (non-hydrogen) atoms. The summed E-state index contributed by atoms with van der Waals surface area (Å²) < 4.78 is 0.817. The average Bonchev–Trinajstić information content (AvgIpc) is 2.70. The van der Waals surface area contributed by atoms with Crippen LogP contribution in [0.2, 0.25) is 0 Å². The van der Waals surface area contributed by atoms with Crippen LogP contribution in [0.5, 0.6) is 0 Å². The van der Waals surface area contributed by atoms with Gasteiger partial charge in [-0.25, -0.2) is 4.98 Å². The highest BCUT2D eigenvalue weighted by molar-refractivity contribution is 9.10. The summed E-state index contributed by atoms with van der Waals surface area (Å²) in [5.74, 6) is -0.186. The number of benzene rings is 1. The highest BCUT2D eigenvalue weighted by atomic mass is 79.9. The first-order valence-electron chi connectivity index (χ1n) is 9.61. The molecule has 0 saturated carbocycles. The molecule has 160 valence electrons. The second kappa shape index (κ2) is 11.4. The van der Waals surface area contributed by atoms with Gasteiger partial charge >= 0.3 is 0 Å². The molecular formula is C21H26BrN5O3. The minimum atomic E-state index is -0.278. The van der Waals surface area contributed by atoms with E-state index in [0.29, 0.717) is 30.2 Å². The maximum Gasteiger partial charge on any atom is 0.253 e. The Kier molecular flexibility index (Phi) is 8.94. The molecule has 0 bridgehead atoms. The fourth-order valence-corrected chi connectivity index (χ4v) is 3.04. The Balaban J connectivity index is 1.87. The summed E-state index contributed by atoms with van der Waals surface area (Å²) in [5.41, 5.74) is 1.06. The molecule has 0 spiro atoms. The predicted molar refractivity (Wildman–Crippen MR) is 120 cm³/mol. The molecule has 0 atom stereocenters. The van der Waals surface area contributed by atoms with E-state index >= 15 is 0 Å². The minimum Gasteiger partial charge on any atom is -0.339 e. The van der Waals surface area contributed by atoms with Crippen molar-refractivity contribution >= 4 is 45.2 Å². The van der Waals surface area contributed by atoms with Gasteiger partial charge in [0, 0.05) is 35.0 Å². The number of rotatable bonds is 9. The molecule has 0 aliphatic rings. The smallest absolute Gasteiger partial charge is 0.253 e. The van der Waals surface area contributed by atoms with Crippen molar-refractivity contribution in [3.8, 4) is 0 Å². The number of hydrogen-bond donors (Lipinski definition) is 2. The summed E-state index contributed by atoms with van der Waals surface area (Å²) in [7, 11) is 1.68. The van der Waals surface area contributed by atoms with Gasteiger partial charge in [-0.3, -0.25) is 19.3 Å². The molecular weight excluding hydrogens is 450 g/mol. The molecule has 8 nitrogen and oxygen atoms in total. The first-order chi connectivity index (χ1) is 14.3. The van der Waals surface area contributed by atoms with Crippen LogP contribution in [0.15, 0.2) is 47.1 Å². The lowest BCUT2D eigenvalue weighted by Crippen LogP contribution is -2.36. The largest absolute Gasteiger partial charge is 0.339 e. The molecule has 2 aromatic rings. The zero-order chi connectivity index (χ0) is 22.1. The maximum absolute atomic E-state index is 12.5. The van der Waals surface area contributed by atoms with Crippen LogP contribution in [0.25, 0.3) is 0 Å². The molecule has 1 aromatic heterocycles. The molecule has 0 radical (unpaired) electrons. The van der Waals surface area contributed by atoms with E-state index in [2.05, 4.69) is 31.5 Å². The molecule has 0 aliphatic carbocycles. The highest BCUT2D eigenvalue weighted by Gasteiger charge is 2.15. The zero-order valence-electron chi connectivity index (χ0n) is 17.3. The quantitative estimate of drug-likeness (QED) is 0.581. The monoisotopic (exact) mass is 475 g/mol. The topological polar surface area (TPSA) is 94.6 Å². The number of likely N-dealkylation sites (N-methyl/N-ethyl adjacent to an activating group) is 1. The Morgan fingerprint density at radius 2 is 1.67 bits per heavy atom. The van der Waals surface area contributed by atoms with E-state index in [1.807, 2.05) is 13.8 Å². The summed E-state index contributed by atoms with van der Waals surface area (Å²) in [6.45, 7) is 5.14. The molecule has 3 amide bonds. The summed E-state index contributed by atoms with van der Waals surface area (Å²) in [6, 6.07) is 10.3. The van der Waals surface area contributed by atoms with E-state index in [1.165, 1.54) is 0 Å². The van der Waals surface area contributed by atoms with Crippen LogP contribution in [0.4, 0.5) is 11.5 Å². The van der Waals surface area contributed by atoms with E-state index in [4.69, 9.17) is 0 Å². The first kappa shape index (κ1) is 23.5. The van der Waals surface area contributed by atoms with Crippen LogP contribution < -0.4 is 10.6 Å². The van der Waals surface area contributed by atoms with Crippen molar-refractivity contribution in [1.82, 2.24) is 14.8 Å². The molecule has 9 heteroatoms. The average molecular weight is 476 g/mol. The summed E-state index contributed by atoms with van der Waals surface area (Å²) in [6.07, 6.45) is 1.59. The molecule has 0 aliphatic heterocycles. The molecule has 0 unspecified atom stereocenters. The van der Waals surface area contributed by atoms with Gasteiger partial charge in [0.25, 0.3) is 5.91 Å². The molecule has 2 N–H and O–H groups in total. The number of nitrogens with one attached hydrogen (secondary N) is 2. The number of carbonyl (C=O) groups is 3. The second-order valence-corrected chi connectivity index (χ2v) is 7.60. The van der Waals surface area contributed by atoms with Gasteiger partial charge in [-0.05, 0) is 67.2 Å². The molecule has 2 rings (SSSR count). The van der Waals surface area contributed by atoms with Crippen molar-refractivity contribution in [3.05, 3.63) is 52.6 Å². The number of halogens is 1. The molecule has 1 heterocycles. The fraction of sp³-hybridized carbons (Fsp3) is 0.333. The number of pyridine rings is 1. The van der Waals surface area contributed by atoms with E-state index in [0.717, 1.165) is 4.47 Å². The summed E-state index contributed by atoms with van der Waals surface area (Å²) >= 11 is 3.28. The number of amides is 3. The van der Waals surface area contributed by atoms with E-state index in [-0.39, 0.29) is 30.8 Å². The molecule has 0 saturated heterocycles. The van der Waals surface area contributed by atoms with E-state index in [1.54, 1.807) is 59.4 Å². The number of anilines is 2. The third kappa shape index (κ3) is 7.23. The van der Waals surface area contributed by atoms with Crippen molar-refractivity contribution in [2.75, 3.05) is 43.9 Å². The van der Waals surface area contributed by atoms with Crippen molar-refractivity contribution in [2.24, 2.45) is 0 Å². The van der Waals surface area contributed by atoms with Gasteiger partial charge in [0.15, 0.2) is 0 Å². The maximum atomic E-state index is 12.5. The van der Waals surface area contributed by atoms with E-state index in [9.17, 15) is 14.4 Å².